The van der Waals surface area contributed by atoms with Gasteiger partial charge in [-0.2, -0.15) is 13.2 Å². The zero-order valence-electron chi connectivity index (χ0n) is 13.9. The Labute approximate surface area is 157 Å². The lowest BCUT2D eigenvalue weighted by atomic mass is 10.1. The molecular weight excluding hydrogens is 387 g/mol. The van der Waals surface area contributed by atoms with E-state index in [1.54, 1.807) is 0 Å². The molecule has 10 heteroatoms. The minimum atomic E-state index is -4.53. The number of benzene rings is 1. The fraction of sp³-hybridized carbons (Fsp3) is 0.353. The Morgan fingerprint density at radius 2 is 1.93 bits per heavy atom. The lowest BCUT2D eigenvalue weighted by Gasteiger charge is -2.22. The second-order valence-electron chi connectivity index (χ2n) is 5.86. The van der Waals surface area contributed by atoms with Gasteiger partial charge in [-0.05, 0) is 37.1 Å². The van der Waals surface area contributed by atoms with E-state index in [9.17, 15) is 18.0 Å². The van der Waals surface area contributed by atoms with E-state index in [2.05, 4.69) is 15.5 Å². The number of amides is 1. The molecule has 6 nitrogen and oxygen atoms in total. The first kappa shape index (κ1) is 19.4. The first-order valence-corrected chi connectivity index (χ1v) is 8.47. The summed E-state index contributed by atoms with van der Waals surface area (Å²) in [5.74, 6) is -0.683. The number of nitrogens with one attached hydrogen (secondary N) is 1. The van der Waals surface area contributed by atoms with Crippen LogP contribution in [0.4, 0.5) is 13.2 Å². The SMILES string of the molecule is O=C(NC1CCOCC1)c1ccc(Oc2cc(C(F)(F)F)ccc2Cl)nn1. The number of rotatable bonds is 4. The lowest BCUT2D eigenvalue weighted by molar-refractivity contribution is -0.137. The van der Waals surface area contributed by atoms with Crippen LogP contribution in [-0.2, 0) is 10.9 Å². The average molecular weight is 402 g/mol. The molecule has 144 valence electrons. The van der Waals surface area contributed by atoms with Crippen molar-refractivity contribution >= 4 is 17.5 Å². The summed E-state index contributed by atoms with van der Waals surface area (Å²) >= 11 is 5.87. The summed E-state index contributed by atoms with van der Waals surface area (Å²) in [5.41, 5.74) is -0.828. The number of ether oxygens (including phenoxy) is 2. The Bertz CT molecular complexity index is 809. The maximum Gasteiger partial charge on any atom is 0.416 e. The van der Waals surface area contributed by atoms with Gasteiger partial charge in [0.05, 0.1) is 10.6 Å². The molecule has 1 aliphatic heterocycles. The molecule has 0 bridgehead atoms. The fourth-order valence-electron chi connectivity index (χ4n) is 2.47. The van der Waals surface area contributed by atoms with Crippen LogP contribution < -0.4 is 10.1 Å². The molecular formula is C17H15ClF3N3O3. The van der Waals surface area contributed by atoms with E-state index < -0.39 is 17.6 Å². The van der Waals surface area contributed by atoms with Crippen molar-refractivity contribution in [1.29, 1.82) is 0 Å². The highest BCUT2D eigenvalue weighted by molar-refractivity contribution is 6.32. The van der Waals surface area contributed by atoms with Crippen LogP contribution in [-0.4, -0.2) is 35.4 Å². The highest BCUT2D eigenvalue weighted by atomic mass is 35.5. The summed E-state index contributed by atoms with van der Waals surface area (Å²) in [5, 5.41) is 10.3. The van der Waals surface area contributed by atoms with Crippen LogP contribution in [0.25, 0.3) is 0 Å². The molecule has 1 aromatic carbocycles. The monoisotopic (exact) mass is 401 g/mol. The van der Waals surface area contributed by atoms with E-state index in [0.717, 1.165) is 18.2 Å². The van der Waals surface area contributed by atoms with E-state index in [1.807, 2.05) is 0 Å². The molecule has 0 radical (unpaired) electrons. The van der Waals surface area contributed by atoms with E-state index >= 15 is 0 Å². The second-order valence-corrected chi connectivity index (χ2v) is 6.27. The van der Waals surface area contributed by atoms with Crippen molar-refractivity contribution < 1.29 is 27.4 Å². The number of carbonyl (C=O) groups is 1. The second kappa shape index (κ2) is 8.10. The van der Waals surface area contributed by atoms with Crippen LogP contribution in [0.5, 0.6) is 11.6 Å². The van der Waals surface area contributed by atoms with Crippen molar-refractivity contribution in [3.63, 3.8) is 0 Å². The maximum atomic E-state index is 12.8. The molecule has 0 spiro atoms. The quantitative estimate of drug-likeness (QED) is 0.842. The third-order valence-electron chi connectivity index (χ3n) is 3.90. The summed E-state index contributed by atoms with van der Waals surface area (Å²) in [6.07, 6.45) is -3.09. The third-order valence-corrected chi connectivity index (χ3v) is 4.21. The van der Waals surface area contributed by atoms with Gasteiger partial charge in [-0.25, -0.2) is 0 Å². The van der Waals surface area contributed by atoms with E-state index in [-0.39, 0.29) is 28.4 Å². The molecule has 1 N–H and O–H groups in total. The van der Waals surface area contributed by atoms with Crippen LogP contribution >= 0.6 is 11.6 Å². The van der Waals surface area contributed by atoms with Crippen molar-refractivity contribution in [2.24, 2.45) is 0 Å². The summed E-state index contributed by atoms with van der Waals surface area (Å²) in [6.45, 7) is 1.17. The molecule has 0 saturated carbocycles. The van der Waals surface area contributed by atoms with Crippen molar-refractivity contribution in [2.45, 2.75) is 25.1 Å². The standard InChI is InChI=1S/C17H15ClF3N3O3/c18-12-2-1-10(17(19,20)21)9-14(12)27-15-4-3-13(23-24-15)16(25)22-11-5-7-26-8-6-11/h1-4,9,11H,5-8H2,(H,22,25). The minimum Gasteiger partial charge on any atom is -0.436 e. The smallest absolute Gasteiger partial charge is 0.416 e. The molecule has 1 aliphatic rings. The predicted octanol–water partition coefficient (Wildman–Crippen LogP) is 3.85. The van der Waals surface area contributed by atoms with E-state index in [0.29, 0.717) is 26.1 Å². The Balaban J connectivity index is 1.68. The average Bonchev–Trinajstić information content (AvgIpc) is 2.64. The number of alkyl halides is 3. The van der Waals surface area contributed by atoms with Gasteiger partial charge in [-0.3, -0.25) is 4.79 Å². The van der Waals surface area contributed by atoms with Gasteiger partial charge in [-0.1, -0.05) is 11.6 Å². The summed E-state index contributed by atoms with van der Waals surface area (Å²) < 4.78 is 48.9. The predicted molar refractivity (Wildman–Crippen MR) is 89.9 cm³/mol. The van der Waals surface area contributed by atoms with Gasteiger partial charge in [0.2, 0.25) is 5.88 Å². The number of halogens is 4. The van der Waals surface area contributed by atoms with Crippen LogP contribution in [0, 0.1) is 0 Å². The van der Waals surface area contributed by atoms with Gasteiger partial charge in [-0.15, -0.1) is 10.2 Å². The number of carbonyl (C=O) groups excluding carboxylic acids is 1. The van der Waals surface area contributed by atoms with Gasteiger partial charge in [0.25, 0.3) is 5.91 Å². The summed E-state index contributed by atoms with van der Waals surface area (Å²) in [6, 6.07) is 5.43. The molecule has 0 unspecified atom stereocenters. The minimum absolute atomic E-state index is 0.00731. The number of hydrogen-bond donors (Lipinski definition) is 1. The number of aromatic nitrogens is 2. The van der Waals surface area contributed by atoms with Crippen molar-refractivity contribution in [2.75, 3.05) is 13.2 Å². The third kappa shape index (κ3) is 5.08. The molecule has 1 fully saturated rings. The highest BCUT2D eigenvalue weighted by Gasteiger charge is 2.31. The van der Waals surface area contributed by atoms with Gasteiger partial charge in [0.1, 0.15) is 5.75 Å². The molecule has 1 aromatic heterocycles. The largest absolute Gasteiger partial charge is 0.436 e. The van der Waals surface area contributed by atoms with E-state index in [1.165, 1.54) is 12.1 Å². The van der Waals surface area contributed by atoms with Crippen LogP contribution in [0.3, 0.4) is 0 Å². The zero-order chi connectivity index (χ0) is 19.4. The number of hydrogen-bond acceptors (Lipinski definition) is 5. The molecule has 2 heterocycles. The maximum absolute atomic E-state index is 12.8. The first-order chi connectivity index (χ1) is 12.8. The Morgan fingerprint density at radius 3 is 2.56 bits per heavy atom. The van der Waals surface area contributed by atoms with Gasteiger partial charge in [0, 0.05) is 25.3 Å². The van der Waals surface area contributed by atoms with Crippen LogP contribution in [0.1, 0.15) is 28.9 Å². The summed E-state index contributed by atoms with van der Waals surface area (Å²) in [4.78, 5) is 12.2. The van der Waals surface area contributed by atoms with E-state index in [4.69, 9.17) is 21.1 Å². The highest BCUT2D eigenvalue weighted by Crippen LogP contribution is 2.36. The Morgan fingerprint density at radius 1 is 1.19 bits per heavy atom. The van der Waals surface area contributed by atoms with Crippen LogP contribution in [0.2, 0.25) is 5.02 Å². The molecule has 2 aromatic rings. The fourth-order valence-corrected chi connectivity index (χ4v) is 2.62. The Hall–Kier alpha value is -2.39. The van der Waals surface area contributed by atoms with Crippen LogP contribution in [0.15, 0.2) is 30.3 Å². The molecule has 0 aliphatic carbocycles. The first-order valence-electron chi connectivity index (χ1n) is 8.10. The number of nitrogens with zero attached hydrogens (tertiary/aromatic N) is 2. The topological polar surface area (TPSA) is 73.3 Å². The lowest BCUT2D eigenvalue weighted by Crippen LogP contribution is -2.39. The molecule has 27 heavy (non-hydrogen) atoms. The van der Waals surface area contributed by atoms with Gasteiger partial charge >= 0.3 is 6.18 Å². The van der Waals surface area contributed by atoms with Gasteiger partial charge < -0.3 is 14.8 Å². The molecule has 3 rings (SSSR count). The van der Waals surface area contributed by atoms with Crippen molar-refractivity contribution in [3.8, 4) is 11.6 Å². The summed E-state index contributed by atoms with van der Waals surface area (Å²) in [7, 11) is 0. The molecule has 0 atom stereocenters. The van der Waals surface area contributed by atoms with Gasteiger partial charge in [0.15, 0.2) is 5.69 Å². The van der Waals surface area contributed by atoms with Crippen molar-refractivity contribution in [1.82, 2.24) is 15.5 Å². The zero-order valence-corrected chi connectivity index (χ0v) is 14.7. The molecule has 1 amide bonds. The molecule has 1 saturated heterocycles. The normalized spacial score (nSPS) is 15.4. The Kier molecular flexibility index (Phi) is 5.81. The van der Waals surface area contributed by atoms with Crippen molar-refractivity contribution in [3.05, 3.63) is 46.6 Å².